The fourth-order valence-corrected chi connectivity index (χ4v) is 2.98. The van der Waals surface area contributed by atoms with Crippen LogP contribution < -0.4 is 31.9 Å². The van der Waals surface area contributed by atoms with Gasteiger partial charge in [0, 0.05) is 47.0 Å². The first-order valence-corrected chi connectivity index (χ1v) is 15.5. The number of hydrogen-bond donors (Lipinski definition) is 6. The Kier molecular flexibility index (Phi) is 23.0. The molecule has 0 aromatic rings. The van der Waals surface area contributed by atoms with E-state index in [0.29, 0.717) is 0 Å². The van der Waals surface area contributed by atoms with Crippen LogP contribution in [0.4, 0.5) is 70.2 Å². The molecule has 7 amide bonds. The summed E-state index contributed by atoms with van der Waals surface area (Å²) in [6, 6.07) is 0. The van der Waals surface area contributed by atoms with Gasteiger partial charge in [0.1, 0.15) is 0 Å². The molecule has 0 saturated carbocycles. The molecule has 0 unspecified atom stereocenters. The third kappa shape index (κ3) is 20.0. The van der Waals surface area contributed by atoms with Gasteiger partial charge in [-0.25, -0.2) is 18.9 Å². The van der Waals surface area contributed by atoms with Gasteiger partial charge in [-0.1, -0.05) is 7.43 Å². The van der Waals surface area contributed by atoms with Crippen molar-refractivity contribution in [1.29, 1.82) is 0 Å². The molecule has 0 rings (SSSR count). The molecule has 358 valence electrons. The normalized spacial score (nSPS) is 12.7. The van der Waals surface area contributed by atoms with Crippen LogP contribution in [-0.4, -0.2) is 135 Å². The highest BCUT2D eigenvalue weighted by Crippen LogP contribution is 2.45. The fourth-order valence-electron chi connectivity index (χ4n) is 2.98. The first-order chi connectivity index (χ1) is 26.8. The SMILES string of the molecule is C.CC(=O)NCCNC(=O)C(F)(F)OC(F)(F)C(F)(F)OC(F)(F)C(=O)NCNC(C)=O.CCN(CC)C(=O)C(F)(F)OC(F)(F)C(F)(F)OC(F)(F)C(=O)NCNC(C)=O. The van der Waals surface area contributed by atoms with Gasteiger partial charge in [0.05, 0.1) is 13.3 Å². The van der Waals surface area contributed by atoms with E-state index in [0.717, 1.165) is 45.3 Å². The molecule has 0 atom stereocenters. The molecule has 0 saturated heterocycles. The lowest BCUT2D eigenvalue weighted by Gasteiger charge is -2.31. The van der Waals surface area contributed by atoms with Crippen molar-refractivity contribution in [3.8, 4) is 0 Å². The number of carbonyl (C=O) groups is 7. The predicted octanol–water partition coefficient (Wildman–Crippen LogP) is 1.96. The number of alkyl halides is 16. The molecular weight excluding hydrogens is 902 g/mol. The zero-order valence-electron chi connectivity index (χ0n) is 30.7. The summed E-state index contributed by atoms with van der Waals surface area (Å²) < 4.78 is 224. The molecule has 0 radical (unpaired) electrons. The highest BCUT2D eigenvalue weighted by molar-refractivity contribution is 5.84. The maximum absolute atomic E-state index is 13.5. The minimum atomic E-state index is -6.54. The van der Waals surface area contributed by atoms with Crippen molar-refractivity contribution in [1.82, 2.24) is 36.8 Å². The summed E-state index contributed by atoms with van der Waals surface area (Å²) >= 11 is 0. The van der Waals surface area contributed by atoms with Crippen LogP contribution in [0, 0.1) is 0 Å². The maximum Gasteiger partial charge on any atom is 0.453 e. The Hall–Kier alpha value is -4.99. The number of nitrogens with one attached hydrogen (secondary N) is 6. The molecule has 0 aromatic heterocycles. The number of nitrogens with zero attached hydrogens (tertiary/aromatic N) is 1. The quantitative estimate of drug-likeness (QED) is 0.0493. The van der Waals surface area contributed by atoms with Gasteiger partial charge in [0.2, 0.25) is 17.7 Å². The van der Waals surface area contributed by atoms with E-state index < -0.39 is 130 Å². The van der Waals surface area contributed by atoms with E-state index in [2.05, 4.69) is 18.9 Å². The molecule has 0 aliphatic rings. The summed E-state index contributed by atoms with van der Waals surface area (Å²) in [5.41, 5.74) is 0. The van der Waals surface area contributed by atoms with E-state index in [1.807, 2.05) is 5.32 Å². The zero-order valence-corrected chi connectivity index (χ0v) is 30.7. The molecule has 61 heavy (non-hydrogen) atoms. The summed E-state index contributed by atoms with van der Waals surface area (Å²) in [4.78, 5) is 76.4. The maximum atomic E-state index is 13.5. The van der Waals surface area contributed by atoms with Gasteiger partial charge in [-0.15, -0.1) is 0 Å². The van der Waals surface area contributed by atoms with Crippen molar-refractivity contribution in [3.05, 3.63) is 0 Å². The van der Waals surface area contributed by atoms with Gasteiger partial charge >= 0.3 is 72.5 Å². The Bertz CT molecular complexity index is 1520. The molecular formula is C27H37F16N7O11. The molecule has 0 aliphatic heterocycles. The molecule has 0 aliphatic carbocycles. The largest absolute Gasteiger partial charge is 0.453 e. The lowest BCUT2D eigenvalue weighted by Crippen LogP contribution is -2.57. The highest BCUT2D eigenvalue weighted by Gasteiger charge is 2.71. The van der Waals surface area contributed by atoms with Crippen molar-refractivity contribution in [2.45, 2.75) is 90.9 Å². The van der Waals surface area contributed by atoms with Crippen molar-refractivity contribution in [2.24, 2.45) is 0 Å². The van der Waals surface area contributed by atoms with Crippen molar-refractivity contribution >= 4 is 41.4 Å². The molecule has 18 nitrogen and oxygen atoms in total. The second kappa shape index (κ2) is 23.3. The van der Waals surface area contributed by atoms with E-state index >= 15 is 0 Å². The third-order valence-corrected chi connectivity index (χ3v) is 5.75. The fraction of sp³-hybridized carbons (Fsp3) is 0.741. The van der Waals surface area contributed by atoms with Gasteiger partial charge in [-0.05, 0) is 13.8 Å². The Morgan fingerprint density at radius 1 is 0.410 bits per heavy atom. The minimum Gasteiger partial charge on any atom is -0.355 e. The van der Waals surface area contributed by atoms with Gasteiger partial charge in [-0.2, -0.15) is 70.2 Å². The van der Waals surface area contributed by atoms with Gasteiger partial charge in [0.15, 0.2) is 0 Å². The monoisotopic (exact) mass is 939 g/mol. The standard InChI is InChI=1S/C13H16F8N4O6.C13H17F8N3O5.CH4/c1-6(26)22-3-4-23-8(28)10(14,15)30-12(18,19)13(20,21)31-11(16,17)9(29)25-5-24-7(2)27;1-4-24(5-2)9(27)11(16,17)29-13(20,21)12(18,19)28-10(14,15)8(26)23-6-22-7(3)25;/h3-5H2,1-2H3,(H,22,26)(H,23,28)(H,24,27)(H,25,29);4-6H2,1-3H3,(H,22,25)(H,23,26);1H4. The Morgan fingerprint density at radius 3 is 0.918 bits per heavy atom. The van der Waals surface area contributed by atoms with Gasteiger partial charge in [0.25, 0.3) is 0 Å². The van der Waals surface area contributed by atoms with E-state index in [-0.39, 0.29) is 12.3 Å². The second-order valence-corrected chi connectivity index (χ2v) is 10.6. The lowest BCUT2D eigenvalue weighted by molar-refractivity contribution is -0.500. The summed E-state index contributed by atoms with van der Waals surface area (Å²) in [5.74, 6) is -12.9. The summed E-state index contributed by atoms with van der Waals surface area (Å²) in [5, 5.41) is 9.01. The zero-order chi connectivity index (χ0) is 47.9. The predicted molar refractivity (Wildman–Crippen MR) is 164 cm³/mol. The molecule has 0 bridgehead atoms. The average molecular weight is 940 g/mol. The van der Waals surface area contributed by atoms with E-state index in [4.69, 9.17) is 0 Å². The Balaban J connectivity index is -0.00000109. The van der Waals surface area contributed by atoms with Gasteiger partial charge in [-0.3, -0.25) is 33.6 Å². The number of likely N-dealkylation sites (N-methyl/N-ethyl adjacent to an activating group) is 1. The molecule has 0 heterocycles. The van der Waals surface area contributed by atoms with Crippen LogP contribution in [-0.2, 0) is 52.5 Å². The smallest absolute Gasteiger partial charge is 0.355 e. The number of ether oxygens (including phenoxy) is 4. The number of halogens is 16. The summed E-state index contributed by atoms with van der Waals surface area (Å²) in [6.45, 7) is 0.979. The first-order valence-electron chi connectivity index (χ1n) is 15.5. The van der Waals surface area contributed by atoms with E-state index in [1.165, 1.54) is 5.32 Å². The van der Waals surface area contributed by atoms with E-state index in [1.54, 1.807) is 10.6 Å². The van der Waals surface area contributed by atoms with Crippen LogP contribution in [0.25, 0.3) is 0 Å². The Morgan fingerprint density at radius 2 is 0.656 bits per heavy atom. The van der Waals surface area contributed by atoms with Crippen LogP contribution in [0.3, 0.4) is 0 Å². The summed E-state index contributed by atoms with van der Waals surface area (Å²) in [6.07, 6.45) is -48.6. The van der Waals surface area contributed by atoms with Crippen LogP contribution >= 0.6 is 0 Å². The van der Waals surface area contributed by atoms with Crippen LogP contribution in [0.2, 0.25) is 0 Å². The van der Waals surface area contributed by atoms with Crippen molar-refractivity contribution in [3.63, 3.8) is 0 Å². The molecule has 6 N–H and O–H groups in total. The Labute approximate surface area is 332 Å². The lowest BCUT2D eigenvalue weighted by atomic mass is 10.4. The second-order valence-electron chi connectivity index (χ2n) is 10.6. The number of hydrogen-bond acceptors (Lipinski definition) is 11. The molecule has 0 aromatic carbocycles. The van der Waals surface area contributed by atoms with Crippen LogP contribution in [0.1, 0.15) is 42.0 Å². The average Bonchev–Trinajstić information content (AvgIpc) is 3.04. The first kappa shape index (κ1) is 60.3. The van der Waals surface area contributed by atoms with Crippen molar-refractivity contribution < 1.29 is 123 Å². The number of rotatable bonds is 23. The number of amides is 7. The molecule has 0 spiro atoms. The molecule has 0 fully saturated rings. The minimum absolute atomic E-state index is 0. The summed E-state index contributed by atoms with van der Waals surface area (Å²) in [7, 11) is 0. The molecule has 34 heteroatoms. The van der Waals surface area contributed by atoms with Crippen LogP contribution in [0.5, 0.6) is 0 Å². The number of carbonyl (C=O) groups excluding carboxylic acids is 7. The third-order valence-electron chi connectivity index (χ3n) is 5.75. The topological polar surface area (TPSA) is 232 Å². The highest BCUT2D eigenvalue weighted by atomic mass is 19.4. The van der Waals surface area contributed by atoms with E-state index in [9.17, 15) is 104 Å². The van der Waals surface area contributed by atoms with Crippen LogP contribution in [0.15, 0.2) is 0 Å². The van der Waals surface area contributed by atoms with Gasteiger partial charge < -0.3 is 36.8 Å². The van der Waals surface area contributed by atoms with Crippen molar-refractivity contribution in [2.75, 3.05) is 39.5 Å².